The van der Waals surface area contributed by atoms with Crippen LogP contribution in [0.25, 0.3) is 0 Å². The standard InChI is InChI=1S/C16H18ClN3O/c17-14-9-5-4-8-13(14)16(21)19-15-10-11-18-20(15)12-6-2-1-3-7-12/h4-5,8-12H,1-3,6-7H2,(H,19,21). The molecular formula is C16H18ClN3O. The summed E-state index contributed by atoms with van der Waals surface area (Å²) in [5.41, 5.74) is 0.482. The Morgan fingerprint density at radius 1 is 1.19 bits per heavy atom. The minimum atomic E-state index is -0.196. The normalized spacial score (nSPS) is 15.9. The van der Waals surface area contributed by atoms with Crippen LogP contribution in [0.15, 0.2) is 36.5 Å². The maximum Gasteiger partial charge on any atom is 0.258 e. The summed E-state index contributed by atoms with van der Waals surface area (Å²) in [4.78, 5) is 12.3. The van der Waals surface area contributed by atoms with Gasteiger partial charge in [0.25, 0.3) is 5.91 Å². The van der Waals surface area contributed by atoms with E-state index >= 15 is 0 Å². The molecule has 0 bridgehead atoms. The van der Waals surface area contributed by atoms with Crippen LogP contribution in [0.4, 0.5) is 5.82 Å². The van der Waals surface area contributed by atoms with Crippen molar-refractivity contribution in [2.45, 2.75) is 38.1 Å². The molecule has 0 spiro atoms. The molecule has 1 amide bonds. The zero-order valence-electron chi connectivity index (χ0n) is 11.8. The van der Waals surface area contributed by atoms with Gasteiger partial charge in [0, 0.05) is 6.07 Å². The fraction of sp³-hybridized carbons (Fsp3) is 0.375. The third kappa shape index (κ3) is 3.10. The fourth-order valence-electron chi connectivity index (χ4n) is 2.86. The van der Waals surface area contributed by atoms with Crippen LogP contribution in [-0.2, 0) is 0 Å². The predicted molar refractivity (Wildman–Crippen MR) is 83.8 cm³/mol. The molecule has 3 rings (SSSR count). The number of aromatic nitrogens is 2. The molecular weight excluding hydrogens is 286 g/mol. The highest BCUT2D eigenvalue weighted by Crippen LogP contribution is 2.30. The summed E-state index contributed by atoms with van der Waals surface area (Å²) < 4.78 is 1.94. The lowest BCUT2D eigenvalue weighted by molar-refractivity contribution is 0.102. The highest BCUT2D eigenvalue weighted by atomic mass is 35.5. The van der Waals surface area contributed by atoms with Crippen LogP contribution in [0, 0.1) is 0 Å². The molecule has 0 radical (unpaired) electrons. The van der Waals surface area contributed by atoms with Gasteiger partial charge in [0.2, 0.25) is 0 Å². The molecule has 21 heavy (non-hydrogen) atoms. The lowest BCUT2D eigenvalue weighted by atomic mass is 9.96. The van der Waals surface area contributed by atoms with Gasteiger partial charge in [-0.1, -0.05) is 43.0 Å². The summed E-state index contributed by atoms with van der Waals surface area (Å²) >= 11 is 6.06. The molecule has 1 N–H and O–H groups in total. The number of anilines is 1. The van der Waals surface area contributed by atoms with Crippen molar-refractivity contribution in [2.75, 3.05) is 5.32 Å². The van der Waals surface area contributed by atoms with Crippen LogP contribution in [0.2, 0.25) is 5.02 Å². The van der Waals surface area contributed by atoms with E-state index in [1.54, 1.807) is 24.4 Å². The van der Waals surface area contributed by atoms with Crippen LogP contribution >= 0.6 is 11.6 Å². The lowest BCUT2D eigenvalue weighted by Crippen LogP contribution is -2.20. The maximum atomic E-state index is 12.3. The molecule has 1 saturated carbocycles. The predicted octanol–water partition coefficient (Wildman–Crippen LogP) is 4.29. The van der Waals surface area contributed by atoms with E-state index < -0.39 is 0 Å². The molecule has 0 saturated heterocycles. The van der Waals surface area contributed by atoms with Gasteiger partial charge in [-0.2, -0.15) is 5.10 Å². The quantitative estimate of drug-likeness (QED) is 0.919. The van der Waals surface area contributed by atoms with Crippen molar-refractivity contribution in [3.05, 3.63) is 47.1 Å². The number of carbonyl (C=O) groups excluding carboxylic acids is 1. The molecule has 1 aliphatic rings. The number of hydrogen-bond donors (Lipinski definition) is 1. The number of carbonyl (C=O) groups is 1. The average Bonchev–Trinajstić information content (AvgIpc) is 2.96. The number of hydrogen-bond acceptors (Lipinski definition) is 2. The molecule has 1 aromatic heterocycles. The van der Waals surface area contributed by atoms with Crippen molar-refractivity contribution in [3.63, 3.8) is 0 Å². The van der Waals surface area contributed by atoms with Gasteiger partial charge in [-0.15, -0.1) is 0 Å². The number of benzene rings is 1. The van der Waals surface area contributed by atoms with Gasteiger partial charge in [-0.05, 0) is 25.0 Å². The number of nitrogens with zero attached hydrogens (tertiary/aromatic N) is 2. The Balaban J connectivity index is 1.78. The van der Waals surface area contributed by atoms with Crippen LogP contribution < -0.4 is 5.32 Å². The first kappa shape index (κ1) is 14.1. The molecule has 0 aliphatic heterocycles. The summed E-state index contributed by atoms with van der Waals surface area (Å²) in [6, 6.07) is 9.28. The Morgan fingerprint density at radius 2 is 1.95 bits per heavy atom. The first-order valence-electron chi connectivity index (χ1n) is 7.35. The minimum Gasteiger partial charge on any atom is -0.307 e. The number of nitrogens with one attached hydrogen (secondary N) is 1. The Hall–Kier alpha value is -1.81. The van der Waals surface area contributed by atoms with Gasteiger partial charge in [0.05, 0.1) is 22.8 Å². The van der Waals surface area contributed by atoms with Gasteiger partial charge in [0.1, 0.15) is 5.82 Å². The Labute approximate surface area is 129 Å². The highest BCUT2D eigenvalue weighted by molar-refractivity contribution is 6.34. The minimum absolute atomic E-state index is 0.196. The summed E-state index contributed by atoms with van der Waals surface area (Å²) in [7, 11) is 0. The molecule has 1 heterocycles. The van der Waals surface area contributed by atoms with E-state index in [1.807, 2.05) is 16.8 Å². The summed E-state index contributed by atoms with van der Waals surface area (Å²) in [5.74, 6) is 0.546. The van der Waals surface area contributed by atoms with Crippen molar-refractivity contribution < 1.29 is 4.79 Å². The van der Waals surface area contributed by atoms with Crippen LogP contribution in [0.3, 0.4) is 0 Å². The Bertz CT molecular complexity index is 632. The van der Waals surface area contributed by atoms with E-state index in [0.29, 0.717) is 16.6 Å². The number of amides is 1. The molecule has 5 heteroatoms. The molecule has 4 nitrogen and oxygen atoms in total. The van der Waals surface area contributed by atoms with E-state index in [0.717, 1.165) is 18.7 Å². The largest absolute Gasteiger partial charge is 0.307 e. The number of halogens is 1. The molecule has 1 aliphatic carbocycles. The van der Waals surface area contributed by atoms with E-state index in [2.05, 4.69) is 10.4 Å². The third-order valence-electron chi connectivity index (χ3n) is 3.95. The monoisotopic (exact) mass is 303 g/mol. The molecule has 1 aromatic carbocycles. The Kier molecular flexibility index (Phi) is 4.25. The Morgan fingerprint density at radius 3 is 2.71 bits per heavy atom. The van der Waals surface area contributed by atoms with Gasteiger partial charge in [-0.3, -0.25) is 4.79 Å². The van der Waals surface area contributed by atoms with Gasteiger partial charge in [0.15, 0.2) is 0 Å². The van der Waals surface area contributed by atoms with E-state index in [9.17, 15) is 4.79 Å². The summed E-state index contributed by atoms with van der Waals surface area (Å²) in [6.07, 6.45) is 7.72. The summed E-state index contributed by atoms with van der Waals surface area (Å²) in [5, 5.41) is 7.76. The lowest BCUT2D eigenvalue weighted by Gasteiger charge is -2.23. The van der Waals surface area contributed by atoms with E-state index in [-0.39, 0.29) is 5.91 Å². The van der Waals surface area contributed by atoms with Gasteiger partial charge >= 0.3 is 0 Å². The molecule has 1 fully saturated rings. The van der Waals surface area contributed by atoms with Crippen LogP contribution in [0.5, 0.6) is 0 Å². The first-order valence-corrected chi connectivity index (χ1v) is 7.73. The zero-order chi connectivity index (χ0) is 14.7. The maximum absolute atomic E-state index is 12.3. The molecule has 0 unspecified atom stereocenters. The van der Waals surface area contributed by atoms with Crippen LogP contribution in [-0.4, -0.2) is 15.7 Å². The molecule has 0 atom stereocenters. The first-order chi connectivity index (χ1) is 10.3. The topological polar surface area (TPSA) is 46.9 Å². The van der Waals surface area contributed by atoms with E-state index in [4.69, 9.17) is 11.6 Å². The van der Waals surface area contributed by atoms with Crippen molar-refractivity contribution in [2.24, 2.45) is 0 Å². The van der Waals surface area contributed by atoms with Gasteiger partial charge in [-0.25, -0.2) is 4.68 Å². The number of rotatable bonds is 3. The van der Waals surface area contributed by atoms with Crippen molar-refractivity contribution in [3.8, 4) is 0 Å². The third-order valence-corrected chi connectivity index (χ3v) is 4.28. The van der Waals surface area contributed by atoms with Crippen LogP contribution in [0.1, 0.15) is 48.5 Å². The second kappa shape index (κ2) is 6.31. The smallest absolute Gasteiger partial charge is 0.258 e. The fourth-order valence-corrected chi connectivity index (χ4v) is 3.08. The van der Waals surface area contributed by atoms with Crippen molar-refractivity contribution >= 4 is 23.3 Å². The second-order valence-electron chi connectivity index (χ2n) is 5.39. The van der Waals surface area contributed by atoms with E-state index in [1.165, 1.54) is 19.3 Å². The molecule has 110 valence electrons. The second-order valence-corrected chi connectivity index (χ2v) is 5.79. The summed E-state index contributed by atoms with van der Waals surface area (Å²) in [6.45, 7) is 0. The van der Waals surface area contributed by atoms with Gasteiger partial charge < -0.3 is 5.32 Å². The average molecular weight is 304 g/mol. The van der Waals surface area contributed by atoms with Crippen molar-refractivity contribution in [1.82, 2.24) is 9.78 Å². The molecule has 2 aromatic rings. The van der Waals surface area contributed by atoms with Crippen molar-refractivity contribution in [1.29, 1.82) is 0 Å². The highest BCUT2D eigenvalue weighted by Gasteiger charge is 2.19. The zero-order valence-corrected chi connectivity index (χ0v) is 12.5. The SMILES string of the molecule is O=C(Nc1ccnn1C1CCCCC1)c1ccccc1Cl.